The lowest BCUT2D eigenvalue weighted by molar-refractivity contribution is 0.0116. The van der Waals surface area contributed by atoms with E-state index in [1.54, 1.807) is 24.5 Å². The number of amides is 1. The number of carbonyl (C=O) groups is 1. The average Bonchev–Trinajstić information content (AvgIpc) is 3.34. The van der Waals surface area contributed by atoms with Crippen LogP contribution < -0.4 is 0 Å². The van der Waals surface area contributed by atoms with Gasteiger partial charge in [-0.05, 0) is 12.1 Å². The number of nitrogens with zero attached hydrogens (tertiary/aromatic N) is 5. The molecule has 1 aliphatic rings. The maximum atomic E-state index is 13.9. The van der Waals surface area contributed by atoms with Crippen LogP contribution in [0.5, 0.6) is 0 Å². The molecule has 128 valence electrons. The Hall–Kier alpha value is -3.17. The SMILES string of the molecule is O=C(c1cocn1)N1CC(F)(F)C[C@H]1c1nnc(-c2ccncc2)o1. The van der Waals surface area contributed by atoms with Gasteiger partial charge >= 0.3 is 0 Å². The zero-order valence-corrected chi connectivity index (χ0v) is 12.7. The lowest BCUT2D eigenvalue weighted by Crippen LogP contribution is -2.33. The van der Waals surface area contributed by atoms with Gasteiger partial charge in [0.05, 0.1) is 6.54 Å². The quantitative estimate of drug-likeness (QED) is 0.717. The Balaban J connectivity index is 1.65. The molecule has 3 aromatic heterocycles. The highest BCUT2D eigenvalue weighted by molar-refractivity contribution is 5.92. The van der Waals surface area contributed by atoms with E-state index in [2.05, 4.69) is 20.2 Å². The molecule has 0 aliphatic carbocycles. The predicted octanol–water partition coefficient (Wildman–Crippen LogP) is 2.34. The molecule has 1 atom stereocenters. The minimum absolute atomic E-state index is 0.0548. The highest BCUT2D eigenvalue weighted by atomic mass is 19.3. The smallest absolute Gasteiger partial charge is 0.276 e. The summed E-state index contributed by atoms with van der Waals surface area (Å²) < 4.78 is 38.1. The third-order valence-corrected chi connectivity index (χ3v) is 3.84. The van der Waals surface area contributed by atoms with Crippen molar-refractivity contribution in [3.8, 4) is 11.5 Å². The molecule has 0 aromatic carbocycles. The summed E-state index contributed by atoms with van der Waals surface area (Å²) in [6.07, 6.45) is 4.65. The van der Waals surface area contributed by atoms with Crippen LogP contribution in [-0.2, 0) is 0 Å². The van der Waals surface area contributed by atoms with Crippen LogP contribution in [0.15, 0.2) is 46.0 Å². The van der Waals surface area contributed by atoms with Gasteiger partial charge in [-0.25, -0.2) is 13.8 Å². The highest BCUT2D eigenvalue weighted by Gasteiger charge is 2.50. The topological polar surface area (TPSA) is 98.2 Å². The van der Waals surface area contributed by atoms with Crippen molar-refractivity contribution in [3.63, 3.8) is 0 Å². The number of hydrogen-bond donors (Lipinski definition) is 0. The Morgan fingerprint density at radius 3 is 2.80 bits per heavy atom. The molecule has 1 aliphatic heterocycles. The van der Waals surface area contributed by atoms with E-state index in [0.29, 0.717) is 5.56 Å². The molecule has 0 radical (unpaired) electrons. The summed E-state index contributed by atoms with van der Waals surface area (Å²) in [5.74, 6) is -3.63. The van der Waals surface area contributed by atoms with Gasteiger partial charge in [-0.2, -0.15) is 0 Å². The number of oxazole rings is 1. The van der Waals surface area contributed by atoms with Crippen molar-refractivity contribution in [2.75, 3.05) is 6.54 Å². The summed E-state index contributed by atoms with van der Waals surface area (Å²) in [6.45, 7) is -0.754. The Morgan fingerprint density at radius 1 is 1.28 bits per heavy atom. The Bertz CT molecular complexity index is 882. The summed E-state index contributed by atoms with van der Waals surface area (Å²) in [6, 6.07) is 2.26. The second-order valence-corrected chi connectivity index (χ2v) is 5.56. The van der Waals surface area contributed by atoms with E-state index >= 15 is 0 Å². The van der Waals surface area contributed by atoms with E-state index in [0.717, 1.165) is 17.6 Å². The van der Waals surface area contributed by atoms with Gasteiger partial charge in [-0.1, -0.05) is 0 Å². The molecule has 0 bridgehead atoms. The number of rotatable bonds is 3. The molecule has 10 heteroatoms. The Kier molecular flexibility index (Phi) is 3.52. The van der Waals surface area contributed by atoms with Gasteiger partial charge in [-0.3, -0.25) is 9.78 Å². The van der Waals surface area contributed by atoms with Crippen molar-refractivity contribution in [2.45, 2.75) is 18.4 Å². The minimum atomic E-state index is -3.06. The van der Waals surface area contributed by atoms with E-state index in [-0.39, 0.29) is 17.5 Å². The van der Waals surface area contributed by atoms with Gasteiger partial charge in [0.15, 0.2) is 12.1 Å². The molecule has 0 N–H and O–H groups in total. The summed E-state index contributed by atoms with van der Waals surface area (Å²) in [5, 5.41) is 7.72. The standard InChI is InChI=1S/C15H11F2N5O3/c16-15(17)5-11(22(7-15)14(23)10-6-24-8-19-10)13-21-20-12(25-13)9-1-3-18-4-2-9/h1-4,6,8,11H,5,7H2/t11-/m0/s1. The fraction of sp³-hybridized carbons (Fsp3) is 0.267. The molecule has 0 saturated carbocycles. The first-order valence-electron chi connectivity index (χ1n) is 7.34. The lowest BCUT2D eigenvalue weighted by Gasteiger charge is -2.19. The summed E-state index contributed by atoms with van der Waals surface area (Å²) in [5.41, 5.74) is 0.546. The van der Waals surface area contributed by atoms with Crippen LogP contribution >= 0.6 is 0 Å². The second kappa shape index (κ2) is 5.72. The van der Waals surface area contributed by atoms with Crippen LogP contribution in [0.2, 0.25) is 0 Å². The Labute approximate surface area is 139 Å². The van der Waals surface area contributed by atoms with Gasteiger partial charge in [0.1, 0.15) is 12.3 Å². The fourth-order valence-corrected chi connectivity index (χ4v) is 2.70. The van der Waals surface area contributed by atoms with Crippen LogP contribution in [0.1, 0.15) is 28.8 Å². The largest absolute Gasteiger partial charge is 0.451 e. The van der Waals surface area contributed by atoms with Crippen molar-refractivity contribution < 1.29 is 22.4 Å². The third kappa shape index (κ3) is 2.86. The van der Waals surface area contributed by atoms with Gasteiger partial charge in [-0.15, -0.1) is 10.2 Å². The van der Waals surface area contributed by atoms with E-state index in [1.807, 2.05) is 0 Å². The van der Waals surface area contributed by atoms with Crippen LogP contribution in [-0.4, -0.2) is 43.4 Å². The molecular formula is C15H11F2N5O3. The number of likely N-dealkylation sites (tertiary alicyclic amines) is 1. The molecule has 0 spiro atoms. The molecule has 25 heavy (non-hydrogen) atoms. The first-order valence-corrected chi connectivity index (χ1v) is 7.34. The van der Waals surface area contributed by atoms with Crippen molar-refractivity contribution in [3.05, 3.63) is 48.8 Å². The Morgan fingerprint density at radius 2 is 2.08 bits per heavy atom. The predicted molar refractivity (Wildman–Crippen MR) is 77.4 cm³/mol. The maximum Gasteiger partial charge on any atom is 0.276 e. The zero-order chi connectivity index (χ0) is 17.4. The normalized spacial score (nSPS) is 19.3. The van der Waals surface area contributed by atoms with Gasteiger partial charge in [0.2, 0.25) is 11.8 Å². The summed E-state index contributed by atoms with van der Waals surface area (Å²) >= 11 is 0. The maximum absolute atomic E-state index is 13.9. The molecule has 4 heterocycles. The van der Waals surface area contributed by atoms with Crippen molar-refractivity contribution in [2.24, 2.45) is 0 Å². The number of alkyl halides is 2. The van der Waals surface area contributed by atoms with Crippen LogP contribution in [0.3, 0.4) is 0 Å². The molecule has 1 saturated heterocycles. The number of pyridine rings is 1. The van der Waals surface area contributed by atoms with Gasteiger partial charge < -0.3 is 13.7 Å². The number of halogens is 2. The molecule has 1 fully saturated rings. The first kappa shape index (κ1) is 15.4. The van der Waals surface area contributed by atoms with Crippen molar-refractivity contribution in [1.29, 1.82) is 0 Å². The van der Waals surface area contributed by atoms with Gasteiger partial charge in [0, 0.05) is 24.4 Å². The number of aromatic nitrogens is 4. The molecule has 0 unspecified atom stereocenters. The molecule has 3 aromatic rings. The first-order chi connectivity index (χ1) is 12.0. The molecular weight excluding hydrogens is 336 g/mol. The number of carbonyl (C=O) groups excluding carboxylic acids is 1. The van der Waals surface area contributed by atoms with E-state index < -0.39 is 30.8 Å². The van der Waals surface area contributed by atoms with E-state index in [4.69, 9.17) is 8.83 Å². The van der Waals surface area contributed by atoms with Crippen LogP contribution in [0.25, 0.3) is 11.5 Å². The zero-order valence-electron chi connectivity index (χ0n) is 12.7. The fourth-order valence-electron chi connectivity index (χ4n) is 2.70. The highest BCUT2D eigenvalue weighted by Crippen LogP contribution is 2.41. The number of hydrogen-bond acceptors (Lipinski definition) is 7. The van der Waals surface area contributed by atoms with Crippen molar-refractivity contribution in [1.82, 2.24) is 25.1 Å². The van der Waals surface area contributed by atoms with Crippen molar-refractivity contribution >= 4 is 5.91 Å². The van der Waals surface area contributed by atoms with E-state index in [9.17, 15) is 13.6 Å². The van der Waals surface area contributed by atoms with Crippen LogP contribution in [0, 0.1) is 0 Å². The minimum Gasteiger partial charge on any atom is -0.451 e. The molecule has 8 nitrogen and oxygen atoms in total. The molecule has 1 amide bonds. The third-order valence-electron chi connectivity index (χ3n) is 3.84. The van der Waals surface area contributed by atoms with Gasteiger partial charge in [0.25, 0.3) is 11.8 Å². The summed E-state index contributed by atoms with van der Waals surface area (Å²) in [7, 11) is 0. The second-order valence-electron chi connectivity index (χ2n) is 5.56. The lowest BCUT2D eigenvalue weighted by atomic mass is 10.2. The monoisotopic (exact) mass is 347 g/mol. The summed E-state index contributed by atoms with van der Waals surface area (Å²) in [4.78, 5) is 21.0. The average molecular weight is 347 g/mol. The van der Waals surface area contributed by atoms with E-state index in [1.165, 1.54) is 0 Å². The van der Waals surface area contributed by atoms with Crippen LogP contribution in [0.4, 0.5) is 8.78 Å². The molecule has 4 rings (SSSR count).